The van der Waals surface area contributed by atoms with E-state index in [1.807, 2.05) is 0 Å². The number of benzene rings is 1. The van der Waals surface area contributed by atoms with Gasteiger partial charge in [-0.15, -0.1) is 0 Å². The van der Waals surface area contributed by atoms with Crippen LogP contribution in [0.5, 0.6) is 0 Å². The zero-order valence-electron chi connectivity index (χ0n) is 17.3. The monoisotopic (exact) mass is 373 g/mol. The summed E-state index contributed by atoms with van der Waals surface area (Å²) in [6, 6.07) is 8.22. The summed E-state index contributed by atoms with van der Waals surface area (Å²) in [4.78, 5) is 29.1. The fourth-order valence-corrected chi connectivity index (χ4v) is 3.50. The number of anilines is 1. The van der Waals surface area contributed by atoms with Crippen molar-refractivity contribution in [2.24, 2.45) is 11.8 Å². The van der Waals surface area contributed by atoms with Crippen LogP contribution in [-0.2, 0) is 4.79 Å². The summed E-state index contributed by atoms with van der Waals surface area (Å²) < 4.78 is 0. The Balaban J connectivity index is 1.83. The van der Waals surface area contributed by atoms with E-state index >= 15 is 0 Å². The van der Waals surface area contributed by atoms with Crippen LogP contribution in [-0.4, -0.2) is 43.0 Å². The summed E-state index contributed by atoms with van der Waals surface area (Å²) in [5.74, 6) is 0.404. The molecule has 0 radical (unpaired) electrons. The van der Waals surface area contributed by atoms with Crippen LogP contribution in [0.4, 0.5) is 10.5 Å². The molecule has 5 nitrogen and oxygen atoms in total. The minimum atomic E-state index is -0.241. The van der Waals surface area contributed by atoms with Gasteiger partial charge in [0.2, 0.25) is 5.91 Å². The van der Waals surface area contributed by atoms with Gasteiger partial charge in [-0.1, -0.05) is 51.3 Å². The summed E-state index contributed by atoms with van der Waals surface area (Å²) in [6.45, 7) is 11.3. The number of nitrogens with zero attached hydrogens (tertiary/aromatic N) is 2. The second kappa shape index (κ2) is 10.3. The van der Waals surface area contributed by atoms with Crippen LogP contribution in [0.1, 0.15) is 52.0 Å². The standard InChI is InChI=1S/C22H35N3O2/c1-5-6-19(10-7-17(2)3)21(26)23-22(27)25-15-13-24(14-16-25)20-11-8-18(4)9-12-20/h8-9,11-12,17,19H,5-7,10,13-16H2,1-4H3,(H,23,26,27)/t19-/m0/s1. The van der Waals surface area contributed by atoms with Gasteiger partial charge >= 0.3 is 6.03 Å². The van der Waals surface area contributed by atoms with Gasteiger partial charge in [0, 0.05) is 37.8 Å². The fraction of sp³-hybridized carbons (Fsp3) is 0.636. The van der Waals surface area contributed by atoms with Crippen molar-refractivity contribution in [3.63, 3.8) is 0 Å². The number of carbonyl (C=O) groups is 2. The van der Waals surface area contributed by atoms with Gasteiger partial charge in [-0.3, -0.25) is 10.1 Å². The third-order valence-electron chi connectivity index (χ3n) is 5.30. The van der Waals surface area contributed by atoms with Gasteiger partial charge in [-0.2, -0.15) is 0 Å². The van der Waals surface area contributed by atoms with Gasteiger partial charge in [-0.25, -0.2) is 4.79 Å². The molecule has 0 aliphatic carbocycles. The highest BCUT2D eigenvalue weighted by molar-refractivity contribution is 5.95. The molecule has 1 saturated heterocycles. The first-order valence-corrected chi connectivity index (χ1v) is 10.3. The molecule has 0 spiro atoms. The van der Waals surface area contributed by atoms with E-state index < -0.39 is 0 Å². The van der Waals surface area contributed by atoms with Gasteiger partial charge in [0.05, 0.1) is 0 Å². The van der Waals surface area contributed by atoms with E-state index in [4.69, 9.17) is 0 Å². The molecule has 27 heavy (non-hydrogen) atoms. The number of amides is 3. The number of nitrogens with one attached hydrogen (secondary N) is 1. The van der Waals surface area contributed by atoms with Crippen LogP contribution >= 0.6 is 0 Å². The predicted molar refractivity (Wildman–Crippen MR) is 111 cm³/mol. The first-order valence-electron chi connectivity index (χ1n) is 10.3. The predicted octanol–water partition coefficient (Wildman–Crippen LogP) is 4.21. The lowest BCUT2D eigenvalue weighted by molar-refractivity contribution is -0.124. The Labute approximate surface area is 164 Å². The van der Waals surface area contributed by atoms with Crippen molar-refractivity contribution < 1.29 is 9.59 Å². The van der Waals surface area contributed by atoms with Crippen molar-refractivity contribution in [1.82, 2.24) is 10.2 Å². The maximum atomic E-state index is 12.5. The van der Waals surface area contributed by atoms with E-state index in [9.17, 15) is 9.59 Å². The lowest BCUT2D eigenvalue weighted by Crippen LogP contribution is -2.53. The van der Waals surface area contributed by atoms with Crippen LogP contribution < -0.4 is 10.2 Å². The number of hydrogen-bond acceptors (Lipinski definition) is 3. The highest BCUT2D eigenvalue weighted by Crippen LogP contribution is 2.19. The Kier molecular flexibility index (Phi) is 8.14. The highest BCUT2D eigenvalue weighted by atomic mass is 16.2. The number of rotatable bonds is 7. The van der Waals surface area contributed by atoms with E-state index in [-0.39, 0.29) is 17.9 Å². The Hall–Kier alpha value is -2.04. The van der Waals surface area contributed by atoms with Crippen molar-refractivity contribution in [3.05, 3.63) is 29.8 Å². The summed E-state index contributed by atoms with van der Waals surface area (Å²) in [5, 5.41) is 2.65. The quantitative estimate of drug-likeness (QED) is 0.779. The number of imide groups is 1. The molecule has 1 aliphatic rings. The van der Waals surface area contributed by atoms with Crippen molar-refractivity contribution in [2.45, 2.75) is 53.4 Å². The molecule has 0 bridgehead atoms. The van der Waals surface area contributed by atoms with Crippen LogP contribution in [0.2, 0.25) is 0 Å². The van der Waals surface area contributed by atoms with Crippen molar-refractivity contribution in [2.75, 3.05) is 31.1 Å². The third-order valence-corrected chi connectivity index (χ3v) is 5.30. The number of urea groups is 1. The summed E-state index contributed by atoms with van der Waals surface area (Å²) in [6.07, 6.45) is 3.67. The maximum absolute atomic E-state index is 12.5. The first-order chi connectivity index (χ1) is 12.9. The normalized spacial score (nSPS) is 15.7. The van der Waals surface area contributed by atoms with Gasteiger partial charge in [-0.05, 0) is 37.8 Å². The second-order valence-corrected chi connectivity index (χ2v) is 8.06. The van der Waals surface area contributed by atoms with Crippen molar-refractivity contribution >= 4 is 17.6 Å². The molecule has 0 saturated carbocycles. The van der Waals surface area contributed by atoms with Gasteiger partial charge < -0.3 is 9.80 Å². The number of carbonyl (C=O) groups excluding carboxylic acids is 2. The molecule has 0 aromatic heterocycles. The first kappa shape index (κ1) is 21.3. The molecule has 1 N–H and O–H groups in total. The smallest absolute Gasteiger partial charge is 0.324 e. The molecule has 1 aromatic carbocycles. The molecule has 1 aliphatic heterocycles. The Bertz CT molecular complexity index is 604. The lowest BCUT2D eigenvalue weighted by Gasteiger charge is -2.36. The van der Waals surface area contributed by atoms with E-state index in [1.54, 1.807) is 4.90 Å². The van der Waals surface area contributed by atoms with E-state index in [1.165, 1.54) is 11.3 Å². The van der Waals surface area contributed by atoms with Crippen molar-refractivity contribution in [3.8, 4) is 0 Å². The summed E-state index contributed by atoms with van der Waals surface area (Å²) >= 11 is 0. The summed E-state index contributed by atoms with van der Waals surface area (Å²) in [7, 11) is 0. The largest absolute Gasteiger partial charge is 0.368 e. The average Bonchev–Trinajstić information content (AvgIpc) is 2.65. The van der Waals surface area contributed by atoms with Crippen LogP contribution in [0.25, 0.3) is 0 Å². The SMILES string of the molecule is CCC[C@@H](CCC(C)C)C(=O)NC(=O)N1CCN(c2ccc(C)cc2)CC1. The molecule has 1 heterocycles. The average molecular weight is 374 g/mol. The minimum absolute atomic E-state index is 0.0600. The minimum Gasteiger partial charge on any atom is -0.368 e. The molecule has 2 rings (SSSR count). The van der Waals surface area contributed by atoms with E-state index in [0.29, 0.717) is 19.0 Å². The molecule has 1 atom stereocenters. The lowest BCUT2D eigenvalue weighted by atomic mass is 9.93. The van der Waals surface area contributed by atoms with Crippen LogP contribution in [0.3, 0.4) is 0 Å². The zero-order valence-corrected chi connectivity index (χ0v) is 17.3. The summed E-state index contributed by atoms with van der Waals surface area (Å²) in [5.41, 5.74) is 2.43. The molecule has 3 amide bonds. The Morgan fingerprint density at radius 3 is 2.19 bits per heavy atom. The Morgan fingerprint density at radius 1 is 1.00 bits per heavy atom. The second-order valence-electron chi connectivity index (χ2n) is 8.06. The van der Waals surface area contributed by atoms with Crippen LogP contribution in [0, 0.1) is 18.8 Å². The van der Waals surface area contributed by atoms with Gasteiger partial charge in [0.15, 0.2) is 0 Å². The number of piperazine rings is 1. The van der Waals surface area contributed by atoms with E-state index in [2.05, 4.69) is 62.2 Å². The Morgan fingerprint density at radius 2 is 1.63 bits per heavy atom. The molecule has 1 fully saturated rings. The fourth-order valence-electron chi connectivity index (χ4n) is 3.50. The third kappa shape index (κ3) is 6.56. The van der Waals surface area contributed by atoms with Crippen LogP contribution in [0.15, 0.2) is 24.3 Å². The zero-order chi connectivity index (χ0) is 19.8. The molecular formula is C22H35N3O2. The van der Waals surface area contributed by atoms with Gasteiger partial charge in [0.1, 0.15) is 0 Å². The van der Waals surface area contributed by atoms with Gasteiger partial charge in [0.25, 0.3) is 0 Å². The molecule has 150 valence electrons. The van der Waals surface area contributed by atoms with E-state index in [0.717, 1.165) is 38.8 Å². The van der Waals surface area contributed by atoms with Crippen molar-refractivity contribution in [1.29, 1.82) is 0 Å². The number of aryl methyl sites for hydroxylation is 1. The topological polar surface area (TPSA) is 52.7 Å². The number of hydrogen-bond donors (Lipinski definition) is 1. The molecule has 0 unspecified atom stereocenters. The molecule has 1 aromatic rings. The maximum Gasteiger partial charge on any atom is 0.324 e. The highest BCUT2D eigenvalue weighted by Gasteiger charge is 2.25. The molecular weight excluding hydrogens is 338 g/mol. The molecule has 5 heteroatoms.